The zero-order valence-electron chi connectivity index (χ0n) is 17.2. The molecule has 1 amide bonds. The molecule has 0 saturated carbocycles. The molecular weight excluding hydrogens is 398 g/mol. The Balaban J connectivity index is 0.00000218. The van der Waals surface area contributed by atoms with Crippen LogP contribution in [0.4, 0.5) is 0 Å². The van der Waals surface area contributed by atoms with Gasteiger partial charge in [0.25, 0.3) is 5.91 Å². The van der Waals surface area contributed by atoms with E-state index in [1.807, 2.05) is 47.4 Å². The molecule has 3 aromatic rings. The number of methoxy groups -OCH3 is 1. The van der Waals surface area contributed by atoms with Gasteiger partial charge in [-0.15, -0.1) is 12.4 Å². The van der Waals surface area contributed by atoms with E-state index in [0.29, 0.717) is 23.6 Å². The molecule has 2 saturated heterocycles. The second kappa shape index (κ2) is 8.25. The quantitative estimate of drug-likeness (QED) is 0.637. The smallest absolute Gasteiger partial charge is 0.272 e. The lowest BCUT2D eigenvalue weighted by atomic mass is 9.89. The van der Waals surface area contributed by atoms with Gasteiger partial charge in [-0.3, -0.25) is 14.7 Å². The van der Waals surface area contributed by atoms with Crippen LogP contribution in [0.1, 0.15) is 22.1 Å². The average Bonchev–Trinajstić information content (AvgIpc) is 3.29. The molecular formula is C24H26ClN3O2. The number of likely N-dealkylation sites (tertiary alicyclic amines) is 2. The Labute approximate surface area is 183 Å². The third-order valence-electron chi connectivity index (χ3n) is 6.49. The molecule has 0 spiro atoms. The molecule has 5 rings (SSSR count). The summed E-state index contributed by atoms with van der Waals surface area (Å²) in [4.78, 5) is 22.0. The monoisotopic (exact) mass is 423 g/mol. The first-order chi connectivity index (χ1) is 14.1. The number of fused-ring (bicyclic) bond motifs is 2. The number of carbonyl (C=O) groups is 1. The first kappa shape index (κ1) is 20.6. The highest BCUT2D eigenvalue weighted by atomic mass is 35.5. The van der Waals surface area contributed by atoms with E-state index in [1.54, 1.807) is 13.3 Å². The fourth-order valence-corrected chi connectivity index (χ4v) is 5.09. The molecule has 6 heteroatoms. The molecule has 0 bridgehead atoms. The molecule has 1 aromatic heterocycles. The first-order valence-electron chi connectivity index (χ1n) is 10.1. The van der Waals surface area contributed by atoms with Gasteiger partial charge in [-0.25, -0.2) is 0 Å². The summed E-state index contributed by atoms with van der Waals surface area (Å²) >= 11 is 0. The Kier molecular flexibility index (Phi) is 5.67. The molecule has 0 unspecified atom stereocenters. The van der Waals surface area contributed by atoms with Gasteiger partial charge in [0, 0.05) is 43.2 Å². The fourth-order valence-electron chi connectivity index (χ4n) is 5.09. The summed E-state index contributed by atoms with van der Waals surface area (Å²) in [5, 5.41) is 2.12. The van der Waals surface area contributed by atoms with Gasteiger partial charge in [0.05, 0.1) is 7.11 Å². The van der Waals surface area contributed by atoms with Crippen molar-refractivity contribution in [2.45, 2.75) is 6.04 Å². The Bertz CT molecular complexity index is 1060. The minimum atomic E-state index is 0. The van der Waals surface area contributed by atoms with Crippen molar-refractivity contribution in [3.8, 4) is 5.75 Å². The van der Waals surface area contributed by atoms with Crippen LogP contribution in [0.25, 0.3) is 10.8 Å². The van der Waals surface area contributed by atoms with Gasteiger partial charge >= 0.3 is 0 Å². The second-order valence-electron chi connectivity index (χ2n) is 8.21. The van der Waals surface area contributed by atoms with Gasteiger partial charge in [-0.05, 0) is 42.1 Å². The summed E-state index contributed by atoms with van der Waals surface area (Å²) < 4.78 is 5.30. The highest BCUT2D eigenvalue weighted by molar-refractivity contribution is 5.96. The Hall–Kier alpha value is -2.63. The van der Waals surface area contributed by atoms with E-state index in [9.17, 15) is 4.79 Å². The van der Waals surface area contributed by atoms with Crippen LogP contribution in [0, 0.1) is 11.8 Å². The van der Waals surface area contributed by atoms with Gasteiger partial charge in [0.2, 0.25) is 0 Å². The maximum Gasteiger partial charge on any atom is 0.272 e. The zero-order chi connectivity index (χ0) is 20.0. The van der Waals surface area contributed by atoms with Crippen LogP contribution >= 0.6 is 12.4 Å². The van der Waals surface area contributed by atoms with Crippen molar-refractivity contribution in [2.75, 3.05) is 33.8 Å². The van der Waals surface area contributed by atoms with Crippen LogP contribution in [0.3, 0.4) is 0 Å². The Morgan fingerprint density at radius 1 is 1.03 bits per heavy atom. The zero-order valence-corrected chi connectivity index (χ0v) is 18.0. The number of hydrogen-bond acceptors (Lipinski definition) is 4. The van der Waals surface area contributed by atoms with Crippen LogP contribution in [0.15, 0.2) is 60.8 Å². The predicted molar refractivity (Wildman–Crippen MR) is 120 cm³/mol. The van der Waals surface area contributed by atoms with Gasteiger partial charge in [-0.2, -0.15) is 0 Å². The molecule has 2 aliphatic heterocycles. The standard InChI is InChI=1S/C24H25N3O2.ClH/c1-26-13-19-14-27(15-21(19)23(26)16-7-9-20(29-2)10-8-16)24(28)22-11-17-5-3-4-6-18(17)12-25-22;/h3-12,19,21,23H,13-15H2,1-2H3;1H/t19-,21+,23+;/m0./s1. The Morgan fingerprint density at radius 3 is 2.50 bits per heavy atom. The van der Waals surface area contributed by atoms with Gasteiger partial charge in [-0.1, -0.05) is 36.4 Å². The maximum absolute atomic E-state index is 13.2. The lowest BCUT2D eigenvalue weighted by molar-refractivity contribution is 0.0762. The SMILES string of the molecule is COc1ccc([C@@H]2[C@@H]3CN(C(=O)c4cc5ccccc5cn4)C[C@@H]3CN2C)cc1.Cl. The largest absolute Gasteiger partial charge is 0.497 e. The minimum Gasteiger partial charge on any atom is -0.497 e. The molecule has 5 nitrogen and oxygen atoms in total. The molecule has 2 aromatic carbocycles. The van der Waals surface area contributed by atoms with Crippen molar-refractivity contribution in [1.29, 1.82) is 0 Å². The van der Waals surface area contributed by atoms with Crippen LogP contribution in [-0.4, -0.2) is 54.5 Å². The third-order valence-corrected chi connectivity index (χ3v) is 6.49. The van der Waals surface area contributed by atoms with E-state index in [4.69, 9.17) is 4.74 Å². The van der Waals surface area contributed by atoms with Crippen LogP contribution in [-0.2, 0) is 0 Å². The molecule has 3 heterocycles. The van der Waals surface area contributed by atoms with Crippen molar-refractivity contribution < 1.29 is 9.53 Å². The number of aromatic nitrogens is 1. The number of rotatable bonds is 3. The van der Waals surface area contributed by atoms with Gasteiger partial charge in [0.15, 0.2) is 0 Å². The molecule has 2 aliphatic rings. The third kappa shape index (κ3) is 3.53. The van der Waals surface area contributed by atoms with Crippen LogP contribution < -0.4 is 4.74 Å². The van der Waals surface area contributed by atoms with E-state index in [2.05, 4.69) is 29.1 Å². The van der Waals surface area contributed by atoms with Crippen molar-refractivity contribution >= 4 is 29.1 Å². The number of nitrogens with zero attached hydrogens (tertiary/aromatic N) is 3. The normalized spacial score (nSPS) is 23.3. The van der Waals surface area contributed by atoms with Crippen LogP contribution in [0.2, 0.25) is 0 Å². The minimum absolute atomic E-state index is 0. The Morgan fingerprint density at radius 2 is 1.77 bits per heavy atom. The van der Waals surface area contributed by atoms with E-state index in [-0.39, 0.29) is 18.3 Å². The molecule has 0 N–H and O–H groups in total. The number of halogens is 1. The average molecular weight is 424 g/mol. The molecule has 156 valence electrons. The summed E-state index contributed by atoms with van der Waals surface area (Å²) in [6, 6.07) is 18.6. The number of pyridine rings is 1. The second-order valence-corrected chi connectivity index (χ2v) is 8.21. The van der Waals surface area contributed by atoms with Crippen molar-refractivity contribution in [3.05, 3.63) is 72.1 Å². The predicted octanol–water partition coefficient (Wildman–Crippen LogP) is 4.04. The van der Waals surface area contributed by atoms with E-state index in [0.717, 1.165) is 36.2 Å². The highest BCUT2D eigenvalue weighted by Crippen LogP contribution is 2.44. The molecule has 30 heavy (non-hydrogen) atoms. The van der Waals surface area contributed by atoms with Gasteiger partial charge in [0.1, 0.15) is 11.4 Å². The first-order valence-corrected chi connectivity index (χ1v) is 10.1. The number of hydrogen-bond donors (Lipinski definition) is 0. The molecule has 0 aliphatic carbocycles. The lowest BCUT2D eigenvalue weighted by Crippen LogP contribution is -2.33. The molecule has 0 radical (unpaired) electrons. The number of ether oxygens (including phenoxy) is 1. The summed E-state index contributed by atoms with van der Waals surface area (Å²) in [5.74, 6) is 1.85. The summed E-state index contributed by atoms with van der Waals surface area (Å²) in [6.07, 6.45) is 1.80. The van der Waals surface area contributed by atoms with Crippen LogP contribution in [0.5, 0.6) is 5.75 Å². The number of amides is 1. The number of benzene rings is 2. The summed E-state index contributed by atoms with van der Waals surface area (Å²) in [6.45, 7) is 2.59. The molecule has 2 fully saturated rings. The van der Waals surface area contributed by atoms with Crippen molar-refractivity contribution in [1.82, 2.24) is 14.8 Å². The highest BCUT2D eigenvalue weighted by Gasteiger charge is 2.47. The van der Waals surface area contributed by atoms with E-state index in [1.165, 1.54) is 5.56 Å². The topological polar surface area (TPSA) is 45.7 Å². The summed E-state index contributed by atoms with van der Waals surface area (Å²) in [5.41, 5.74) is 1.83. The lowest BCUT2D eigenvalue weighted by Gasteiger charge is -2.27. The van der Waals surface area contributed by atoms with Crippen molar-refractivity contribution in [3.63, 3.8) is 0 Å². The molecule has 3 atom stereocenters. The maximum atomic E-state index is 13.2. The van der Waals surface area contributed by atoms with Gasteiger partial charge < -0.3 is 9.64 Å². The van der Waals surface area contributed by atoms with Crippen molar-refractivity contribution in [2.24, 2.45) is 11.8 Å². The fraction of sp³-hybridized carbons (Fsp3) is 0.333. The van der Waals surface area contributed by atoms with E-state index < -0.39 is 0 Å². The number of carbonyl (C=O) groups excluding carboxylic acids is 1. The van der Waals surface area contributed by atoms with E-state index >= 15 is 0 Å². The summed E-state index contributed by atoms with van der Waals surface area (Å²) in [7, 11) is 3.87.